The van der Waals surface area contributed by atoms with Crippen molar-refractivity contribution in [2.24, 2.45) is 0 Å². The standard InChI is InChI=1S/C30H28N2O4/c1-35-29(33)26-21-25(32-30(34)31-20-19-22-11-5-2-6-12-22)17-18-27(26)36-28(23-13-7-3-8-14-23)24-15-9-4-10-16-24/h2-18,21,28H,19-20H2,1H3,(H2,31,32,34). The summed E-state index contributed by atoms with van der Waals surface area (Å²) in [4.78, 5) is 25.0. The first-order valence-electron chi connectivity index (χ1n) is 11.7. The zero-order valence-electron chi connectivity index (χ0n) is 20.0. The van der Waals surface area contributed by atoms with Gasteiger partial charge in [0, 0.05) is 12.2 Å². The number of carbonyl (C=O) groups is 2. The smallest absolute Gasteiger partial charge is 0.341 e. The number of nitrogens with one attached hydrogen (secondary N) is 2. The molecule has 0 aliphatic rings. The van der Waals surface area contributed by atoms with Gasteiger partial charge in [0.2, 0.25) is 0 Å². The van der Waals surface area contributed by atoms with Gasteiger partial charge in [0.1, 0.15) is 17.4 Å². The summed E-state index contributed by atoms with van der Waals surface area (Å²) in [6.45, 7) is 0.483. The zero-order chi connectivity index (χ0) is 25.2. The normalized spacial score (nSPS) is 10.5. The molecular weight excluding hydrogens is 452 g/mol. The molecule has 36 heavy (non-hydrogen) atoms. The topological polar surface area (TPSA) is 76.7 Å². The molecule has 4 rings (SSSR count). The molecule has 0 aliphatic heterocycles. The highest BCUT2D eigenvalue weighted by atomic mass is 16.5. The van der Waals surface area contributed by atoms with Crippen LogP contribution >= 0.6 is 0 Å². The quantitative estimate of drug-likeness (QED) is 0.288. The Balaban J connectivity index is 1.51. The lowest BCUT2D eigenvalue weighted by Crippen LogP contribution is -2.30. The van der Waals surface area contributed by atoms with Crippen LogP contribution in [0, 0.1) is 0 Å². The van der Waals surface area contributed by atoms with E-state index in [0.717, 1.165) is 23.1 Å². The minimum atomic E-state index is -0.557. The Morgan fingerprint density at radius 2 is 1.36 bits per heavy atom. The van der Waals surface area contributed by atoms with Crippen LogP contribution < -0.4 is 15.4 Å². The van der Waals surface area contributed by atoms with E-state index in [1.54, 1.807) is 18.2 Å². The van der Waals surface area contributed by atoms with Crippen LogP contribution in [0.2, 0.25) is 0 Å². The van der Waals surface area contributed by atoms with Gasteiger partial charge in [-0.1, -0.05) is 91.0 Å². The molecule has 0 spiro atoms. The van der Waals surface area contributed by atoms with Crippen molar-refractivity contribution in [3.05, 3.63) is 131 Å². The lowest BCUT2D eigenvalue weighted by molar-refractivity contribution is 0.0594. The molecule has 0 heterocycles. The summed E-state index contributed by atoms with van der Waals surface area (Å²) < 4.78 is 11.4. The van der Waals surface area contributed by atoms with Crippen LogP contribution in [0.4, 0.5) is 10.5 Å². The highest BCUT2D eigenvalue weighted by molar-refractivity contribution is 5.96. The SMILES string of the molecule is COC(=O)c1cc(NC(=O)NCCc2ccccc2)ccc1OC(c1ccccc1)c1ccccc1. The lowest BCUT2D eigenvalue weighted by atomic mass is 10.0. The van der Waals surface area contributed by atoms with Crippen molar-refractivity contribution in [1.29, 1.82) is 0 Å². The van der Waals surface area contributed by atoms with Gasteiger partial charge in [0.05, 0.1) is 7.11 Å². The maximum Gasteiger partial charge on any atom is 0.341 e. The van der Waals surface area contributed by atoms with E-state index in [9.17, 15) is 9.59 Å². The predicted molar refractivity (Wildman–Crippen MR) is 140 cm³/mol. The summed E-state index contributed by atoms with van der Waals surface area (Å²) in [5, 5.41) is 5.61. The molecule has 0 unspecified atom stereocenters. The van der Waals surface area contributed by atoms with Crippen molar-refractivity contribution in [2.45, 2.75) is 12.5 Å². The van der Waals surface area contributed by atoms with Gasteiger partial charge in [0.15, 0.2) is 0 Å². The van der Waals surface area contributed by atoms with Crippen LogP contribution in [0.5, 0.6) is 5.75 Å². The Morgan fingerprint density at radius 1 is 0.778 bits per heavy atom. The molecule has 0 bridgehead atoms. The second-order valence-electron chi connectivity index (χ2n) is 8.14. The first-order valence-corrected chi connectivity index (χ1v) is 11.7. The number of urea groups is 1. The molecule has 2 amide bonds. The van der Waals surface area contributed by atoms with E-state index in [1.165, 1.54) is 7.11 Å². The van der Waals surface area contributed by atoms with Gasteiger partial charge in [-0.15, -0.1) is 0 Å². The number of carbonyl (C=O) groups excluding carboxylic acids is 2. The van der Waals surface area contributed by atoms with Crippen molar-refractivity contribution < 1.29 is 19.1 Å². The van der Waals surface area contributed by atoms with Gasteiger partial charge in [-0.05, 0) is 41.3 Å². The van der Waals surface area contributed by atoms with Crippen molar-refractivity contribution in [3.8, 4) is 5.75 Å². The fourth-order valence-electron chi connectivity index (χ4n) is 3.83. The Kier molecular flexibility index (Phi) is 8.33. The molecule has 0 fully saturated rings. The van der Waals surface area contributed by atoms with Gasteiger partial charge in [-0.25, -0.2) is 9.59 Å². The second-order valence-corrected chi connectivity index (χ2v) is 8.14. The molecule has 0 aromatic heterocycles. The predicted octanol–water partition coefficient (Wildman–Crippen LogP) is 6.01. The molecule has 2 N–H and O–H groups in total. The van der Waals surface area contributed by atoms with Gasteiger partial charge in [-0.3, -0.25) is 0 Å². The number of esters is 1. The number of hydrogen-bond acceptors (Lipinski definition) is 4. The van der Waals surface area contributed by atoms with E-state index in [-0.39, 0.29) is 11.6 Å². The van der Waals surface area contributed by atoms with E-state index in [1.807, 2.05) is 91.0 Å². The molecular formula is C30H28N2O4. The Hall–Kier alpha value is -4.58. The largest absolute Gasteiger partial charge is 0.480 e. The van der Waals surface area contributed by atoms with E-state index >= 15 is 0 Å². The summed E-state index contributed by atoms with van der Waals surface area (Å²) in [7, 11) is 1.31. The Bertz CT molecular complexity index is 1240. The number of methoxy groups -OCH3 is 1. The van der Waals surface area contributed by atoms with Gasteiger partial charge in [0.25, 0.3) is 0 Å². The van der Waals surface area contributed by atoms with Crippen molar-refractivity contribution in [2.75, 3.05) is 19.0 Å². The molecule has 4 aromatic carbocycles. The average molecular weight is 481 g/mol. The van der Waals surface area contributed by atoms with Gasteiger partial charge >= 0.3 is 12.0 Å². The first kappa shape index (κ1) is 24.5. The maximum absolute atomic E-state index is 12.6. The molecule has 0 atom stereocenters. The van der Waals surface area contributed by atoms with Gasteiger partial charge < -0.3 is 20.1 Å². The number of amides is 2. The Morgan fingerprint density at radius 3 is 1.94 bits per heavy atom. The molecule has 4 aromatic rings. The third kappa shape index (κ3) is 6.51. The van der Waals surface area contributed by atoms with Crippen molar-refractivity contribution >= 4 is 17.7 Å². The fourth-order valence-corrected chi connectivity index (χ4v) is 3.83. The van der Waals surface area contributed by atoms with Crippen LogP contribution in [0.15, 0.2) is 109 Å². The molecule has 0 radical (unpaired) electrons. The van der Waals surface area contributed by atoms with Crippen LogP contribution in [0.3, 0.4) is 0 Å². The van der Waals surface area contributed by atoms with Gasteiger partial charge in [-0.2, -0.15) is 0 Å². The third-order valence-electron chi connectivity index (χ3n) is 5.63. The molecule has 0 saturated carbocycles. The highest BCUT2D eigenvalue weighted by Crippen LogP contribution is 2.32. The summed E-state index contributed by atoms with van der Waals surface area (Å²) in [5.41, 5.74) is 3.70. The van der Waals surface area contributed by atoms with Crippen molar-refractivity contribution in [3.63, 3.8) is 0 Å². The van der Waals surface area contributed by atoms with E-state index in [4.69, 9.17) is 9.47 Å². The van der Waals surface area contributed by atoms with Crippen molar-refractivity contribution in [1.82, 2.24) is 5.32 Å². The fraction of sp³-hybridized carbons (Fsp3) is 0.133. The molecule has 182 valence electrons. The monoisotopic (exact) mass is 480 g/mol. The Labute approximate surface area is 210 Å². The van der Waals surface area contributed by atoms with Crippen LogP contribution in [-0.2, 0) is 11.2 Å². The maximum atomic E-state index is 12.6. The minimum absolute atomic E-state index is 0.219. The number of benzene rings is 4. The van der Waals surface area contributed by atoms with Crippen LogP contribution in [0.1, 0.15) is 33.2 Å². The molecule has 0 saturated heterocycles. The number of hydrogen-bond donors (Lipinski definition) is 2. The van der Waals surface area contributed by atoms with Crippen LogP contribution in [0.25, 0.3) is 0 Å². The van der Waals surface area contributed by atoms with E-state index in [0.29, 0.717) is 18.0 Å². The molecule has 0 aliphatic carbocycles. The summed E-state index contributed by atoms with van der Waals surface area (Å²) in [5.74, 6) is -0.201. The average Bonchev–Trinajstić information content (AvgIpc) is 2.93. The first-order chi connectivity index (χ1) is 17.6. The summed E-state index contributed by atoms with van der Waals surface area (Å²) in [6.07, 6.45) is 0.283. The second kappa shape index (κ2) is 12.2. The van der Waals surface area contributed by atoms with E-state index < -0.39 is 12.1 Å². The number of ether oxygens (including phenoxy) is 2. The summed E-state index contributed by atoms with van der Waals surface area (Å²) >= 11 is 0. The third-order valence-corrected chi connectivity index (χ3v) is 5.63. The lowest BCUT2D eigenvalue weighted by Gasteiger charge is -2.22. The molecule has 6 heteroatoms. The van der Waals surface area contributed by atoms with Crippen LogP contribution in [-0.4, -0.2) is 25.7 Å². The minimum Gasteiger partial charge on any atom is -0.480 e. The van der Waals surface area contributed by atoms with E-state index in [2.05, 4.69) is 10.6 Å². The number of rotatable bonds is 9. The number of anilines is 1. The molecule has 6 nitrogen and oxygen atoms in total. The highest BCUT2D eigenvalue weighted by Gasteiger charge is 2.21. The zero-order valence-corrected chi connectivity index (χ0v) is 20.0. The summed E-state index contributed by atoms with van der Waals surface area (Å²) in [6, 6.07) is 34.1.